The third-order valence-corrected chi connectivity index (χ3v) is 4.89. The van der Waals surface area contributed by atoms with Gasteiger partial charge in [0, 0.05) is 34.4 Å². The van der Waals surface area contributed by atoms with Crippen LogP contribution in [0.4, 0.5) is 0 Å². The molecule has 1 amide bonds. The van der Waals surface area contributed by atoms with Crippen molar-refractivity contribution >= 4 is 33.2 Å². The minimum Gasteiger partial charge on any atom is -0.380 e. The molecule has 0 aliphatic carbocycles. The van der Waals surface area contributed by atoms with Crippen LogP contribution in [0.25, 0.3) is 0 Å². The van der Waals surface area contributed by atoms with Crippen molar-refractivity contribution in [3.63, 3.8) is 0 Å². The van der Waals surface area contributed by atoms with Crippen molar-refractivity contribution < 1.29 is 9.53 Å². The summed E-state index contributed by atoms with van der Waals surface area (Å²) in [5.74, 6) is 0.171. The molecule has 1 aliphatic heterocycles. The highest BCUT2D eigenvalue weighted by atomic mass is 79.9. The van der Waals surface area contributed by atoms with Crippen molar-refractivity contribution in [2.24, 2.45) is 0 Å². The minimum atomic E-state index is -0.200. The molecule has 1 saturated heterocycles. The highest BCUT2D eigenvalue weighted by Gasteiger charge is 2.29. The van der Waals surface area contributed by atoms with Crippen molar-refractivity contribution in [1.29, 1.82) is 0 Å². The lowest BCUT2D eigenvalue weighted by atomic mass is 10.2. The van der Waals surface area contributed by atoms with Gasteiger partial charge in [-0.15, -0.1) is 11.3 Å². The normalized spacial score (nSPS) is 18.4. The van der Waals surface area contributed by atoms with E-state index < -0.39 is 0 Å². The number of nitrogens with zero attached hydrogens (tertiary/aromatic N) is 2. The van der Waals surface area contributed by atoms with Gasteiger partial charge < -0.3 is 9.64 Å². The Balaban J connectivity index is 2.16. The number of ether oxygens (including phenoxy) is 1. The Morgan fingerprint density at radius 3 is 2.89 bits per heavy atom. The van der Waals surface area contributed by atoms with E-state index in [1.54, 1.807) is 11.3 Å². The van der Waals surface area contributed by atoms with Gasteiger partial charge in [0.25, 0.3) is 0 Å². The number of carbonyl (C=O) groups excluding carboxylic acids is 1. The van der Waals surface area contributed by atoms with Gasteiger partial charge >= 0.3 is 0 Å². The number of hydrogen-bond donors (Lipinski definition) is 0. The molecular formula is C13H19BrN2O2S. The van der Waals surface area contributed by atoms with Gasteiger partial charge in [0.1, 0.15) is 6.04 Å². The van der Waals surface area contributed by atoms with E-state index in [-0.39, 0.29) is 11.9 Å². The molecule has 1 atom stereocenters. The average molecular weight is 347 g/mol. The standard InChI is InChI=1S/C13H19BrN2O2S/c1-15(2)12(11-8-10(14)9-19-11)13(17)16-4-3-6-18-7-5-16/h8-9,12H,3-7H2,1-2H3. The summed E-state index contributed by atoms with van der Waals surface area (Å²) in [5.41, 5.74) is 0. The van der Waals surface area contributed by atoms with E-state index >= 15 is 0 Å². The second-order valence-corrected chi connectivity index (χ2v) is 6.68. The van der Waals surface area contributed by atoms with Gasteiger partial charge in [-0.2, -0.15) is 0 Å². The van der Waals surface area contributed by atoms with Crippen molar-refractivity contribution in [3.05, 3.63) is 20.8 Å². The van der Waals surface area contributed by atoms with Crippen LogP contribution in [0, 0.1) is 0 Å². The molecule has 0 spiro atoms. The molecule has 0 radical (unpaired) electrons. The van der Waals surface area contributed by atoms with Crippen LogP contribution in [0.5, 0.6) is 0 Å². The van der Waals surface area contributed by atoms with Crippen LogP contribution in [0.1, 0.15) is 17.3 Å². The van der Waals surface area contributed by atoms with Crippen LogP contribution in [0.2, 0.25) is 0 Å². The molecular weight excluding hydrogens is 328 g/mol. The monoisotopic (exact) mass is 346 g/mol. The molecule has 0 saturated carbocycles. The number of hydrogen-bond acceptors (Lipinski definition) is 4. The van der Waals surface area contributed by atoms with Crippen LogP contribution in [0.3, 0.4) is 0 Å². The lowest BCUT2D eigenvalue weighted by molar-refractivity contribution is -0.136. The van der Waals surface area contributed by atoms with E-state index in [9.17, 15) is 4.79 Å². The molecule has 1 aromatic rings. The number of amides is 1. The Labute approximate surface area is 126 Å². The first-order valence-corrected chi connectivity index (χ1v) is 8.03. The average Bonchev–Trinajstić information content (AvgIpc) is 2.65. The van der Waals surface area contributed by atoms with Crippen molar-refractivity contribution in [1.82, 2.24) is 9.80 Å². The molecule has 0 bridgehead atoms. The first-order chi connectivity index (χ1) is 9.09. The number of rotatable bonds is 3. The van der Waals surface area contributed by atoms with E-state index in [2.05, 4.69) is 15.9 Å². The molecule has 106 valence electrons. The Kier molecular flexibility index (Phi) is 5.38. The van der Waals surface area contributed by atoms with Crippen LogP contribution in [0.15, 0.2) is 15.9 Å². The Hall–Kier alpha value is -0.430. The number of likely N-dealkylation sites (N-methyl/N-ethyl adjacent to an activating group) is 1. The molecule has 0 aromatic carbocycles. The molecule has 1 aliphatic rings. The van der Waals surface area contributed by atoms with Gasteiger partial charge in [0.15, 0.2) is 0 Å². The maximum atomic E-state index is 12.7. The van der Waals surface area contributed by atoms with Gasteiger partial charge in [0.2, 0.25) is 5.91 Å². The van der Waals surface area contributed by atoms with E-state index in [1.807, 2.05) is 35.3 Å². The third-order valence-electron chi connectivity index (χ3n) is 3.14. The van der Waals surface area contributed by atoms with Crippen molar-refractivity contribution in [3.8, 4) is 0 Å². The summed E-state index contributed by atoms with van der Waals surface area (Å²) >= 11 is 5.07. The first-order valence-electron chi connectivity index (χ1n) is 6.36. The first kappa shape index (κ1) is 15.0. The molecule has 1 fully saturated rings. The highest BCUT2D eigenvalue weighted by Crippen LogP contribution is 2.30. The second-order valence-electron chi connectivity index (χ2n) is 4.82. The lowest BCUT2D eigenvalue weighted by Gasteiger charge is -2.29. The van der Waals surface area contributed by atoms with Crippen molar-refractivity contribution in [2.45, 2.75) is 12.5 Å². The molecule has 2 heterocycles. The summed E-state index contributed by atoms with van der Waals surface area (Å²) < 4.78 is 6.45. The number of thiophene rings is 1. The number of halogens is 1. The largest absolute Gasteiger partial charge is 0.380 e. The fraction of sp³-hybridized carbons (Fsp3) is 0.615. The summed E-state index contributed by atoms with van der Waals surface area (Å²) in [7, 11) is 3.90. The quantitative estimate of drug-likeness (QED) is 0.842. The molecule has 1 unspecified atom stereocenters. The fourth-order valence-electron chi connectivity index (χ4n) is 2.21. The predicted molar refractivity (Wildman–Crippen MR) is 80.5 cm³/mol. The molecule has 4 nitrogen and oxygen atoms in total. The zero-order valence-corrected chi connectivity index (χ0v) is 13.7. The van der Waals surface area contributed by atoms with Crippen LogP contribution in [-0.4, -0.2) is 56.1 Å². The minimum absolute atomic E-state index is 0.171. The van der Waals surface area contributed by atoms with Gasteiger partial charge in [-0.25, -0.2) is 0 Å². The van der Waals surface area contributed by atoms with Crippen LogP contribution >= 0.6 is 27.3 Å². The third kappa shape index (κ3) is 3.78. The molecule has 19 heavy (non-hydrogen) atoms. The SMILES string of the molecule is CN(C)C(C(=O)N1CCCOCC1)c1cc(Br)cs1. The Bertz CT molecular complexity index is 428. The van der Waals surface area contributed by atoms with Crippen molar-refractivity contribution in [2.75, 3.05) is 40.4 Å². The zero-order valence-electron chi connectivity index (χ0n) is 11.3. The van der Waals surface area contributed by atoms with Gasteiger partial charge in [-0.1, -0.05) is 0 Å². The zero-order chi connectivity index (χ0) is 13.8. The van der Waals surface area contributed by atoms with Gasteiger partial charge in [0.05, 0.1) is 6.61 Å². The van der Waals surface area contributed by atoms with E-state index in [0.717, 1.165) is 28.9 Å². The van der Waals surface area contributed by atoms with Gasteiger partial charge in [-0.05, 0) is 42.5 Å². The summed E-state index contributed by atoms with van der Waals surface area (Å²) in [4.78, 5) is 17.7. The van der Waals surface area contributed by atoms with E-state index in [4.69, 9.17) is 4.74 Å². The van der Waals surface area contributed by atoms with E-state index in [1.165, 1.54) is 0 Å². The summed E-state index contributed by atoms with van der Waals surface area (Å²) in [6.45, 7) is 2.87. The molecule has 6 heteroatoms. The van der Waals surface area contributed by atoms with E-state index in [0.29, 0.717) is 13.2 Å². The summed E-state index contributed by atoms with van der Waals surface area (Å²) in [6.07, 6.45) is 0.917. The number of carbonyl (C=O) groups is 1. The smallest absolute Gasteiger partial charge is 0.245 e. The second kappa shape index (κ2) is 6.83. The predicted octanol–water partition coefficient (Wildman–Crippen LogP) is 2.36. The molecule has 1 aromatic heterocycles. The van der Waals surface area contributed by atoms with Crippen LogP contribution in [-0.2, 0) is 9.53 Å². The Morgan fingerprint density at radius 2 is 2.26 bits per heavy atom. The fourth-order valence-corrected chi connectivity index (χ4v) is 3.84. The summed E-state index contributed by atoms with van der Waals surface area (Å²) in [6, 6.07) is 1.83. The summed E-state index contributed by atoms with van der Waals surface area (Å²) in [5, 5.41) is 2.02. The highest BCUT2D eigenvalue weighted by molar-refractivity contribution is 9.10. The molecule has 2 rings (SSSR count). The lowest BCUT2D eigenvalue weighted by Crippen LogP contribution is -2.41. The Morgan fingerprint density at radius 1 is 1.47 bits per heavy atom. The molecule has 0 N–H and O–H groups in total. The van der Waals surface area contributed by atoms with Gasteiger partial charge in [-0.3, -0.25) is 9.69 Å². The topological polar surface area (TPSA) is 32.8 Å². The van der Waals surface area contributed by atoms with Crippen LogP contribution < -0.4 is 0 Å². The maximum absolute atomic E-state index is 12.7. The maximum Gasteiger partial charge on any atom is 0.245 e.